The maximum atomic E-state index is 10.6. The number of aliphatic carboxylic acids is 1. The van der Waals surface area contributed by atoms with E-state index in [2.05, 4.69) is 0 Å². The summed E-state index contributed by atoms with van der Waals surface area (Å²) < 4.78 is 4.32. The average molecular weight is 251 g/mol. The molecule has 0 radical (unpaired) electrons. The van der Waals surface area contributed by atoms with Gasteiger partial charge in [-0.25, -0.2) is 4.79 Å². The van der Waals surface area contributed by atoms with Crippen LogP contribution in [-0.4, -0.2) is 21.5 Å². The van der Waals surface area contributed by atoms with Gasteiger partial charge in [-0.1, -0.05) is 23.2 Å². The minimum atomic E-state index is -1.00. The van der Waals surface area contributed by atoms with Crippen molar-refractivity contribution in [1.29, 1.82) is 0 Å². The molecule has 1 N–H and O–H groups in total. The number of hydrogen-bond donors (Lipinski definition) is 1. The highest BCUT2D eigenvalue weighted by atomic mass is 35.5. The molecule has 1 aliphatic carbocycles. The van der Waals surface area contributed by atoms with E-state index in [0.717, 1.165) is 5.57 Å². The predicted molar refractivity (Wildman–Crippen MR) is 59.1 cm³/mol. The van der Waals surface area contributed by atoms with Crippen molar-refractivity contribution < 1.29 is 14.6 Å². The van der Waals surface area contributed by atoms with E-state index in [0.29, 0.717) is 12.2 Å². The molecule has 0 aromatic heterocycles. The summed E-state index contributed by atoms with van der Waals surface area (Å²) >= 11 is 11.8. The van der Waals surface area contributed by atoms with Gasteiger partial charge in [0.2, 0.25) is 0 Å². The molecule has 0 saturated heterocycles. The van der Waals surface area contributed by atoms with Gasteiger partial charge in [0.15, 0.2) is 6.10 Å². The minimum Gasteiger partial charge on any atom is -0.479 e. The van der Waals surface area contributed by atoms with Crippen molar-refractivity contribution in [3.63, 3.8) is 0 Å². The van der Waals surface area contributed by atoms with Crippen molar-refractivity contribution in [2.45, 2.75) is 30.7 Å². The van der Waals surface area contributed by atoms with Gasteiger partial charge in [0.1, 0.15) is 10.1 Å². The second-order valence-electron chi connectivity index (χ2n) is 3.51. The van der Waals surface area contributed by atoms with Crippen LogP contribution in [0.2, 0.25) is 0 Å². The molecule has 0 bridgehead atoms. The van der Waals surface area contributed by atoms with E-state index in [9.17, 15) is 4.79 Å². The second kappa shape index (κ2) is 4.45. The SMILES string of the molecule is CC1=C(OC(C)C(=O)O)C=CC(Cl)(Cl)C1. The maximum absolute atomic E-state index is 10.6. The highest BCUT2D eigenvalue weighted by molar-refractivity contribution is 6.50. The summed E-state index contributed by atoms with van der Waals surface area (Å²) in [6, 6.07) is 0. The molecule has 84 valence electrons. The van der Waals surface area contributed by atoms with Crippen LogP contribution in [0.15, 0.2) is 23.5 Å². The molecule has 3 nitrogen and oxygen atoms in total. The Morgan fingerprint density at radius 3 is 2.73 bits per heavy atom. The van der Waals surface area contributed by atoms with E-state index in [1.54, 1.807) is 12.2 Å². The van der Waals surface area contributed by atoms with Gasteiger partial charge in [-0.05, 0) is 31.6 Å². The van der Waals surface area contributed by atoms with Crippen molar-refractivity contribution in [2.75, 3.05) is 0 Å². The Labute approximate surface area is 98.3 Å². The molecule has 1 unspecified atom stereocenters. The molecule has 1 aliphatic rings. The number of alkyl halides is 2. The zero-order chi connectivity index (χ0) is 11.6. The Morgan fingerprint density at radius 2 is 2.27 bits per heavy atom. The first-order valence-corrected chi connectivity index (χ1v) is 5.24. The van der Waals surface area contributed by atoms with Crippen molar-refractivity contribution in [1.82, 2.24) is 0 Å². The summed E-state index contributed by atoms with van der Waals surface area (Å²) in [4.78, 5) is 10.6. The highest BCUT2D eigenvalue weighted by Crippen LogP contribution is 2.36. The number of hydrogen-bond acceptors (Lipinski definition) is 2. The number of ether oxygens (including phenoxy) is 1. The molecule has 0 saturated carbocycles. The quantitative estimate of drug-likeness (QED) is 0.784. The number of carbonyl (C=O) groups is 1. The third-order valence-electron chi connectivity index (χ3n) is 2.05. The van der Waals surface area contributed by atoms with Gasteiger partial charge in [-0.3, -0.25) is 0 Å². The number of halogens is 2. The van der Waals surface area contributed by atoms with Gasteiger partial charge < -0.3 is 9.84 Å². The molecular weight excluding hydrogens is 239 g/mol. The van der Waals surface area contributed by atoms with Crippen molar-refractivity contribution in [3.05, 3.63) is 23.5 Å². The first-order valence-electron chi connectivity index (χ1n) is 4.48. The highest BCUT2D eigenvalue weighted by Gasteiger charge is 2.27. The third kappa shape index (κ3) is 3.43. The summed E-state index contributed by atoms with van der Waals surface area (Å²) in [6.07, 6.45) is 2.76. The standard InChI is InChI=1S/C10H12Cl2O3/c1-6-5-10(11,12)4-3-8(6)15-7(2)9(13)14/h3-4,7H,5H2,1-2H3,(H,13,14). The van der Waals surface area contributed by atoms with E-state index >= 15 is 0 Å². The second-order valence-corrected chi connectivity index (χ2v) is 5.06. The predicted octanol–water partition coefficient (Wildman–Crippen LogP) is 2.88. The summed E-state index contributed by atoms with van der Waals surface area (Å²) in [5.74, 6) is -0.473. The molecule has 0 aromatic carbocycles. The summed E-state index contributed by atoms with van der Waals surface area (Å²) in [5.41, 5.74) is 0.843. The molecule has 5 heteroatoms. The zero-order valence-corrected chi connectivity index (χ0v) is 9.97. The lowest BCUT2D eigenvalue weighted by molar-refractivity contribution is -0.146. The van der Waals surface area contributed by atoms with E-state index < -0.39 is 16.4 Å². The van der Waals surface area contributed by atoms with Gasteiger partial charge in [-0.2, -0.15) is 0 Å². The minimum absolute atomic E-state index is 0.439. The maximum Gasteiger partial charge on any atom is 0.344 e. The summed E-state index contributed by atoms with van der Waals surface area (Å²) in [6.45, 7) is 3.28. The van der Waals surface area contributed by atoms with Crippen LogP contribution in [0.4, 0.5) is 0 Å². The Balaban J connectivity index is 2.73. The summed E-state index contributed by atoms with van der Waals surface area (Å²) in [7, 11) is 0. The van der Waals surface area contributed by atoms with Crippen LogP contribution in [0, 0.1) is 0 Å². The lowest BCUT2D eigenvalue weighted by Crippen LogP contribution is -2.22. The fraction of sp³-hybridized carbons (Fsp3) is 0.500. The van der Waals surface area contributed by atoms with Crippen molar-refractivity contribution in [3.8, 4) is 0 Å². The molecule has 0 fully saturated rings. The number of carboxylic acid groups (broad SMARTS) is 1. The first-order chi connectivity index (χ1) is 6.82. The number of carboxylic acids is 1. The first kappa shape index (κ1) is 12.4. The lowest BCUT2D eigenvalue weighted by Gasteiger charge is -2.23. The lowest BCUT2D eigenvalue weighted by atomic mass is 10.0. The van der Waals surface area contributed by atoms with Crippen LogP contribution < -0.4 is 0 Å². The van der Waals surface area contributed by atoms with Crippen LogP contribution in [0.25, 0.3) is 0 Å². The molecule has 0 spiro atoms. The smallest absolute Gasteiger partial charge is 0.344 e. The molecule has 1 atom stereocenters. The Bertz CT molecular complexity index is 332. The summed E-state index contributed by atoms with van der Waals surface area (Å²) in [5, 5.41) is 8.68. The molecule has 0 heterocycles. The topological polar surface area (TPSA) is 46.5 Å². The van der Waals surface area contributed by atoms with Crippen LogP contribution in [-0.2, 0) is 9.53 Å². The molecular formula is C10H12Cl2O3. The monoisotopic (exact) mass is 250 g/mol. The fourth-order valence-corrected chi connectivity index (χ4v) is 1.75. The molecule has 0 aromatic rings. The van der Waals surface area contributed by atoms with Crippen LogP contribution in [0.1, 0.15) is 20.3 Å². The van der Waals surface area contributed by atoms with Crippen LogP contribution in [0.5, 0.6) is 0 Å². The van der Waals surface area contributed by atoms with Crippen LogP contribution >= 0.6 is 23.2 Å². The van der Waals surface area contributed by atoms with E-state index in [-0.39, 0.29) is 0 Å². The molecule has 0 aliphatic heterocycles. The van der Waals surface area contributed by atoms with Gasteiger partial charge in [0.25, 0.3) is 0 Å². The largest absolute Gasteiger partial charge is 0.479 e. The zero-order valence-electron chi connectivity index (χ0n) is 8.46. The van der Waals surface area contributed by atoms with Gasteiger partial charge >= 0.3 is 5.97 Å². The van der Waals surface area contributed by atoms with E-state index in [4.69, 9.17) is 33.0 Å². The van der Waals surface area contributed by atoms with Crippen molar-refractivity contribution in [2.24, 2.45) is 0 Å². The van der Waals surface area contributed by atoms with Gasteiger partial charge in [-0.15, -0.1) is 0 Å². The number of rotatable bonds is 3. The fourth-order valence-electron chi connectivity index (χ4n) is 1.22. The van der Waals surface area contributed by atoms with Gasteiger partial charge in [0, 0.05) is 6.42 Å². The normalized spacial score (nSPS) is 21.3. The molecule has 15 heavy (non-hydrogen) atoms. The van der Waals surface area contributed by atoms with E-state index in [1.807, 2.05) is 6.92 Å². The molecule has 0 amide bonds. The van der Waals surface area contributed by atoms with Crippen LogP contribution in [0.3, 0.4) is 0 Å². The Morgan fingerprint density at radius 1 is 1.67 bits per heavy atom. The Kier molecular flexibility index (Phi) is 3.68. The Hall–Kier alpha value is -0.670. The molecule has 1 rings (SSSR count). The van der Waals surface area contributed by atoms with E-state index in [1.165, 1.54) is 6.92 Å². The third-order valence-corrected chi connectivity index (χ3v) is 2.57. The number of allylic oxidation sites excluding steroid dienone is 3. The average Bonchev–Trinajstić information content (AvgIpc) is 2.08. The van der Waals surface area contributed by atoms with Crippen molar-refractivity contribution >= 4 is 29.2 Å². The van der Waals surface area contributed by atoms with Gasteiger partial charge in [0.05, 0.1) is 0 Å².